The van der Waals surface area contributed by atoms with E-state index in [-0.39, 0.29) is 30.0 Å². The molecule has 176 valence electrons. The third-order valence-corrected chi connectivity index (χ3v) is 8.03. The molecule has 1 aromatic carbocycles. The topological polar surface area (TPSA) is 158 Å². The van der Waals surface area contributed by atoms with Crippen LogP contribution in [-0.2, 0) is 37.9 Å². The molecule has 1 fully saturated rings. The number of carbonyl (C=O) groups is 3. The van der Waals surface area contributed by atoms with Gasteiger partial charge in [0.15, 0.2) is 12.8 Å². The maximum atomic E-state index is 12.6. The number of rotatable bonds is 7. The molecule has 0 bridgehead atoms. The van der Waals surface area contributed by atoms with Crippen LogP contribution in [-0.4, -0.2) is 68.5 Å². The van der Waals surface area contributed by atoms with Crippen LogP contribution in [0, 0.1) is 5.41 Å². The summed E-state index contributed by atoms with van der Waals surface area (Å²) in [5, 5.41) is 2.51. The van der Waals surface area contributed by atoms with Crippen LogP contribution in [0.15, 0.2) is 29.2 Å². The Balaban J connectivity index is 1.67. The van der Waals surface area contributed by atoms with Crippen LogP contribution in [0.2, 0.25) is 0 Å². The van der Waals surface area contributed by atoms with Gasteiger partial charge in [0.2, 0.25) is 0 Å². The summed E-state index contributed by atoms with van der Waals surface area (Å²) in [7, 11) is -7.10. The number of amides is 2. The van der Waals surface area contributed by atoms with Crippen LogP contribution >= 0.6 is 8.17 Å². The van der Waals surface area contributed by atoms with Gasteiger partial charge in [-0.15, -0.1) is 9.05 Å². The van der Waals surface area contributed by atoms with E-state index in [1.165, 1.54) is 31.4 Å². The fraction of sp³-hybridized carbons (Fsp3) is 0.500. The molecule has 2 amide bonds. The Hall–Kier alpha value is -2.15. The third kappa shape index (κ3) is 4.77. The van der Waals surface area contributed by atoms with Crippen LogP contribution in [0.5, 0.6) is 0 Å². The molecule has 12 nitrogen and oxygen atoms in total. The van der Waals surface area contributed by atoms with E-state index in [9.17, 15) is 27.7 Å². The SMILES string of the molecule is COC(=O)CCNC(=O)[C@@H]1O[P+](O)(OCN2C(=O)c3ccccc3S2(=O)=O)OCC1(C)C. The van der Waals surface area contributed by atoms with Crippen molar-refractivity contribution < 1.29 is 46.0 Å². The van der Waals surface area contributed by atoms with Crippen LogP contribution < -0.4 is 5.32 Å². The van der Waals surface area contributed by atoms with E-state index in [4.69, 9.17) is 13.6 Å². The van der Waals surface area contributed by atoms with Gasteiger partial charge in [-0.2, -0.15) is 9.42 Å². The normalized spacial score (nSPS) is 25.8. The van der Waals surface area contributed by atoms with Gasteiger partial charge in [-0.3, -0.25) is 14.4 Å². The molecule has 0 saturated carbocycles. The second-order valence-electron chi connectivity index (χ2n) is 7.75. The van der Waals surface area contributed by atoms with Gasteiger partial charge in [0.05, 0.1) is 19.1 Å². The number of carbonyl (C=O) groups excluding carboxylic acids is 3. The van der Waals surface area contributed by atoms with E-state index < -0.39 is 54.2 Å². The molecule has 0 spiro atoms. The molecule has 1 unspecified atom stereocenters. The lowest BCUT2D eigenvalue weighted by atomic mass is 9.87. The van der Waals surface area contributed by atoms with E-state index in [1.807, 2.05) is 0 Å². The Kier molecular flexibility index (Phi) is 6.89. The maximum Gasteiger partial charge on any atom is 0.575 e. The highest BCUT2D eigenvalue weighted by molar-refractivity contribution is 7.90. The molecular weight excluding hydrogens is 467 g/mol. The summed E-state index contributed by atoms with van der Waals surface area (Å²) in [6.45, 7) is 2.29. The van der Waals surface area contributed by atoms with Crippen LogP contribution in [0.1, 0.15) is 30.6 Å². The number of esters is 1. The number of sulfonamides is 1. The van der Waals surface area contributed by atoms with E-state index in [1.54, 1.807) is 13.8 Å². The average Bonchev–Trinajstić information content (AvgIpc) is 2.94. The number of methoxy groups -OCH3 is 1. The average molecular weight is 491 g/mol. The first-order valence-corrected chi connectivity index (χ1v) is 12.4. The summed E-state index contributed by atoms with van der Waals surface area (Å²) in [5.41, 5.74) is -0.896. The largest absolute Gasteiger partial charge is 0.575 e. The molecule has 1 aromatic rings. The first kappa shape index (κ1) is 24.5. The van der Waals surface area contributed by atoms with Crippen LogP contribution in [0.25, 0.3) is 0 Å². The Bertz CT molecular complexity index is 1030. The zero-order chi connectivity index (χ0) is 23.7. The van der Waals surface area contributed by atoms with Gasteiger partial charge in [-0.05, 0) is 12.1 Å². The molecule has 0 radical (unpaired) electrons. The zero-order valence-corrected chi connectivity index (χ0v) is 19.4. The predicted molar refractivity (Wildman–Crippen MR) is 109 cm³/mol. The van der Waals surface area contributed by atoms with Crippen LogP contribution in [0.3, 0.4) is 0 Å². The van der Waals surface area contributed by atoms with Crippen molar-refractivity contribution in [3.63, 3.8) is 0 Å². The highest BCUT2D eigenvalue weighted by Gasteiger charge is 2.60. The summed E-state index contributed by atoms with van der Waals surface area (Å²) in [5.74, 6) is -1.95. The molecule has 2 N–H and O–H groups in total. The molecule has 2 aliphatic rings. The first-order chi connectivity index (χ1) is 14.9. The molecule has 0 aliphatic carbocycles. The quantitative estimate of drug-likeness (QED) is 0.409. The summed E-state index contributed by atoms with van der Waals surface area (Å²) in [6.07, 6.45) is -1.28. The minimum atomic E-state index is -4.17. The summed E-state index contributed by atoms with van der Waals surface area (Å²) >= 11 is 0. The fourth-order valence-electron chi connectivity index (χ4n) is 3.07. The molecule has 2 heterocycles. The summed E-state index contributed by atoms with van der Waals surface area (Å²) in [6, 6.07) is 5.66. The number of nitrogens with zero attached hydrogens (tertiary/aromatic N) is 1. The minimum absolute atomic E-state index is 0.0151. The van der Waals surface area contributed by atoms with Gasteiger partial charge in [-0.1, -0.05) is 26.0 Å². The second kappa shape index (κ2) is 9.00. The van der Waals surface area contributed by atoms with E-state index >= 15 is 0 Å². The highest BCUT2D eigenvalue weighted by atomic mass is 32.2. The van der Waals surface area contributed by atoms with Gasteiger partial charge in [0.1, 0.15) is 11.5 Å². The number of benzene rings is 1. The Morgan fingerprint density at radius 1 is 1.34 bits per heavy atom. The zero-order valence-electron chi connectivity index (χ0n) is 17.6. The van der Waals surface area contributed by atoms with Crippen molar-refractivity contribution in [1.29, 1.82) is 0 Å². The molecule has 3 rings (SSSR count). The Morgan fingerprint density at radius 3 is 2.69 bits per heavy atom. The van der Waals surface area contributed by atoms with Gasteiger partial charge in [0, 0.05) is 12.0 Å². The number of hydrogen-bond acceptors (Lipinski definition) is 10. The van der Waals surface area contributed by atoms with Crippen molar-refractivity contribution in [3.05, 3.63) is 29.8 Å². The van der Waals surface area contributed by atoms with Crippen molar-refractivity contribution in [3.8, 4) is 0 Å². The summed E-state index contributed by atoms with van der Waals surface area (Å²) < 4.78 is 46.1. The maximum absolute atomic E-state index is 12.6. The number of ether oxygens (including phenoxy) is 1. The number of hydrogen-bond donors (Lipinski definition) is 2. The molecule has 32 heavy (non-hydrogen) atoms. The van der Waals surface area contributed by atoms with Crippen molar-refractivity contribution in [2.24, 2.45) is 5.41 Å². The summed E-state index contributed by atoms with van der Waals surface area (Å²) in [4.78, 5) is 46.8. The van der Waals surface area contributed by atoms with Gasteiger partial charge in [-0.25, -0.2) is 12.7 Å². The fourth-order valence-corrected chi connectivity index (χ4v) is 6.18. The molecule has 1 saturated heterocycles. The predicted octanol–water partition coefficient (Wildman–Crippen LogP) is 0.596. The molecule has 2 atom stereocenters. The standard InChI is InChI=1S/C18H23N2O10PS/c1-18(2)10-28-31(24,30-15(18)16(22)19-9-8-14(21)27-3)29-11-20-17(23)12-6-4-5-7-13(12)32(20,25)26/h4-7,15,24H,8-11H2,1-3H3/p+1/t15-,31?/m0/s1. The van der Waals surface area contributed by atoms with Gasteiger partial charge < -0.3 is 10.1 Å². The Labute approximate surface area is 185 Å². The van der Waals surface area contributed by atoms with Crippen molar-refractivity contribution in [1.82, 2.24) is 9.62 Å². The van der Waals surface area contributed by atoms with Crippen molar-refractivity contribution in [2.45, 2.75) is 31.3 Å². The Morgan fingerprint density at radius 2 is 2.03 bits per heavy atom. The lowest BCUT2D eigenvalue weighted by molar-refractivity contribution is -0.145. The van der Waals surface area contributed by atoms with E-state index in [0.29, 0.717) is 4.31 Å². The lowest BCUT2D eigenvalue weighted by Gasteiger charge is -2.36. The van der Waals surface area contributed by atoms with Gasteiger partial charge in [0.25, 0.3) is 21.8 Å². The van der Waals surface area contributed by atoms with E-state index in [2.05, 4.69) is 10.1 Å². The number of nitrogens with one attached hydrogen (secondary N) is 1. The lowest BCUT2D eigenvalue weighted by Crippen LogP contribution is -2.51. The smallest absolute Gasteiger partial charge is 0.469 e. The first-order valence-electron chi connectivity index (χ1n) is 9.51. The molecule has 0 aromatic heterocycles. The molecule has 2 aliphatic heterocycles. The second-order valence-corrected chi connectivity index (χ2v) is 11.2. The van der Waals surface area contributed by atoms with E-state index in [0.717, 1.165) is 0 Å². The monoisotopic (exact) mass is 491 g/mol. The number of fused-ring (bicyclic) bond motifs is 1. The molecular formula is C18H24N2O10PS+. The highest BCUT2D eigenvalue weighted by Crippen LogP contribution is 2.64. The van der Waals surface area contributed by atoms with Crippen molar-refractivity contribution >= 4 is 36.0 Å². The van der Waals surface area contributed by atoms with Crippen molar-refractivity contribution in [2.75, 3.05) is 27.0 Å². The third-order valence-electron chi connectivity index (χ3n) is 4.89. The molecule has 14 heteroatoms. The van der Waals surface area contributed by atoms with Gasteiger partial charge >= 0.3 is 14.1 Å². The van der Waals surface area contributed by atoms with Crippen LogP contribution in [0.4, 0.5) is 0 Å². The minimum Gasteiger partial charge on any atom is -0.469 e.